The molecule has 2 N–H and O–H groups in total. The SMILES string of the molecule is O=C(Nc1cccc(-c2ccc(=O)[nH]n2)c1)c1ccccc1SCc1cn2ccccc2n1. The molecule has 0 fully saturated rings. The number of nitrogens with one attached hydrogen (secondary N) is 2. The highest BCUT2D eigenvalue weighted by Gasteiger charge is 2.13. The van der Waals surface area contributed by atoms with Gasteiger partial charge in [-0.3, -0.25) is 9.59 Å². The van der Waals surface area contributed by atoms with E-state index in [-0.39, 0.29) is 11.5 Å². The van der Waals surface area contributed by atoms with Gasteiger partial charge < -0.3 is 9.72 Å². The van der Waals surface area contributed by atoms with Crippen LogP contribution in [0.15, 0.2) is 101 Å². The van der Waals surface area contributed by atoms with E-state index < -0.39 is 0 Å². The molecule has 0 unspecified atom stereocenters. The molecule has 3 aromatic heterocycles. The van der Waals surface area contributed by atoms with E-state index in [1.807, 2.05) is 83.5 Å². The maximum Gasteiger partial charge on any atom is 0.264 e. The zero-order valence-corrected chi connectivity index (χ0v) is 18.3. The fraction of sp³-hybridized carbons (Fsp3) is 0.0400. The van der Waals surface area contributed by atoms with Gasteiger partial charge in [0.15, 0.2) is 0 Å². The Labute approximate surface area is 193 Å². The summed E-state index contributed by atoms with van der Waals surface area (Å²) in [6.45, 7) is 0. The van der Waals surface area contributed by atoms with Crippen LogP contribution in [-0.4, -0.2) is 25.5 Å². The lowest BCUT2D eigenvalue weighted by atomic mass is 10.1. The molecule has 5 rings (SSSR count). The number of thioether (sulfide) groups is 1. The van der Waals surface area contributed by atoms with Crippen LogP contribution >= 0.6 is 11.8 Å². The highest BCUT2D eigenvalue weighted by atomic mass is 32.2. The summed E-state index contributed by atoms with van der Waals surface area (Å²) in [6.07, 6.45) is 3.97. The van der Waals surface area contributed by atoms with Crippen LogP contribution in [0.3, 0.4) is 0 Å². The Morgan fingerprint density at radius 1 is 1.00 bits per heavy atom. The van der Waals surface area contributed by atoms with Crippen molar-refractivity contribution in [3.8, 4) is 11.3 Å². The van der Waals surface area contributed by atoms with Crippen molar-refractivity contribution in [2.24, 2.45) is 0 Å². The van der Waals surface area contributed by atoms with Gasteiger partial charge >= 0.3 is 0 Å². The number of imidazole rings is 1. The third kappa shape index (κ3) is 4.70. The van der Waals surface area contributed by atoms with Crippen molar-refractivity contribution in [3.63, 3.8) is 0 Å². The first-order valence-electron chi connectivity index (χ1n) is 10.3. The molecule has 162 valence electrons. The van der Waals surface area contributed by atoms with Crippen LogP contribution in [0.4, 0.5) is 5.69 Å². The van der Waals surface area contributed by atoms with Crippen LogP contribution in [-0.2, 0) is 5.75 Å². The van der Waals surface area contributed by atoms with Gasteiger partial charge in [-0.1, -0.05) is 30.3 Å². The van der Waals surface area contributed by atoms with E-state index in [1.54, 1.807) is 17.8 Å². The number of H-pyrrole nitrogens is 1. The Bertz CT molecular complexity index is 1450. The molecular weight excluding hydrogens is 434 g/mol. The van der Waals surface area contributed by atoms with Crippen LogP contribution in [0.2, 0.25) is 0 Å². The van der Waals surface area contributed by atoms with Gasteiger partial charge in [-0.05, 0) is 42.5 Å². The number of benzene rings is 2. The maximum atomic E-state index is 13.1. The first kappa shape index (κ1) is 20.7. The molecule has 0 spiro atoms. The Balaban J connectivity index is 1.32. The molecule has 3 heterocycles. The molecule has 7 nitrogen and oxygen atoms in total. The average molecular weight is 454 g/mol. The summed E-state index contributed by atoms with van der Waals surface area (Å²) in [5.41, 5.74) is 4.23. The summed E-state index contributed by atoms with van der Waals surface area (Å²) in [5, 5.41) is 9.44. The van der Waals surface area contributed by atoms with Gasteiger partial charge in [0.05, 0.1) is 17.0 Å². The highest BCUT2D eigenvalue weighted by molar-refractivity contribution is 7.98. The van der Waals surface area contributed by atoms with E-state index >= 15 is 0 Å². The van der Waals surface area contributed by atoms with Crippen molar-refractivity contribution in [2.45, 2.75) is 10.6 Å². The minimum absolute atomic E-state index is 0.195. The van der Waals surface area contributed by atoms with Gasteiger partial charge in [0.2, 0.25) is 0 Å². The van der Waals surface area contributed by atoms with Gasteiger partial charge in [-0.15, -0.1) is 11.8 Å². The zero-order chi connectivity index (χ0) is 22.6. The predicted octanol–water partition coefficient (Wildman–Crippen LogP) is 4.63. The Morgan fingerprint density at radius 3 is 2.73 bits per heavy atom. The number of anilines is 1. The second-order valence-corrected chi connectivity index (χ2v) is 8.34. The number of rotatable bonds is 6. The molecule has 33 heavy (non-hydrogen) atoms. The lowest BCUT2D eigenvalue weighted by Crippen LogP contribution is -2.13. The van der Waals surface area contributed by atoms with E-state index in [0.717, 1.165) is 21.8 Å². The molecule has 0 aliphatic rings. The van der Waals surface area contributed by atoms with Gasteiger partial charge in [0.1, 0.15) is 5.65 Å². The molecular formula is C25H19N5O2S. The average Bonchev–Trinajstić information content (AvgIpc) is 3.27. The smallest absolute Gasteiger partial charge is 0.264 e. The van der Waals surface area contributed by atoms with Gasteiger partial charge in [0.25, 0.3) is 11.5 Å². The van der Waals surface area contributed by atoms with Crippen molar-refractivity contribution >= 4 is 29.0 Å². The summed E-state index contributed by atoms with van der Waals surface area (Å²) in [4.78, 5) is 29.8. The molecule has 8 heteroatoms. The monoisotopic (exact) mass is 453 g/mol. The number of hydrogen-bond donors (Lipinski definition) is 2. The molecule has 0 bridgehead atoms. The predicted molar refractivity (Wildman–Crippen MR) is 129 cm³/mol. The second-order valence-electron chi connectivity index (χ2n) is 7.32. The standard InChI is InChI=1S/C25H19N5O2S/c31-24-12-11-21(28-29-24)17-6-5-7-18(14-17)27-25(32)20-8-1-2-9-22(20)33-16-19-15-30-13-4-3-10-23(30)26-19/h1-15H,16H2,(H,27,32)(H,29,31). The van der Waals surface area contributed by atoms with Crippen molar-refractivity contribution in [1.82, 2.24) is 19.6 Å². The van der Waals surface area contributed by atoms with Gasteiger partial charge in [0, 0.05) is 40.4 Å². The quantitative estimate of drug-likeness (QED) is 0.366. The lowest BCUT2D eigenvalue weighted by molar-refractivity contribution is 0.102. The van der Waals surface area contributed by atoms with Crippen molar-refractivity contribution in [1.29, 1.82) is 0 Å². The molecule has 0 saturated heterocycles. The van der Waals surface area contributed by atoms with E-state index in [4.69, 9.17) is 0 Å². The molecule has 2 aromatic carbocycles. The molecule has 0 aliphatic heterocycles. The number of aromatic nitrogens is 4. The third-order valence-corrected chi connectivity index (χ3v) is 6.12. The molecule has 0 aliphatic carbocycles. The normalized spacial score (nSPS) is 10.9. The number of fused-ring (bicyclic) bond motifs is 1. The van der Waals surface area contributed by atoms with Crippen molar-refractivity contribution < 1.29 is 4.79 Å². The molecule has 5 aromatic rings. The van der Waals surface area contributed by atoms with Crippen LogP contribution in [0.1, 0.15) is 16.1 Å². The fourth-order valence-corrected chi connectivity index (χ4v) is 4.38. The summed E-state index contributed by atoms with van der Waals surface area (Å²) >= 11 is 1.58. The highest BCUT2D eigenvalue weighted by Crippen LogP contribution is 2.27. The molecule has 0 atom stereocenters. The van der Waals surface area contributed by atoms with E-state index in [1.165, 1.54) is 6.07 Å². The third-order valence-electron chi connectivity index (χ3n) is 5.02. The number of carbonyl (C=O) groups is 1. The molecule has 0 radical (unpaired) electrons. The van der Waals surface area contributed by atoms with Crippen molar-refractivity contribution in [3.05, 3.63) is 113 Å². The largest absolute Gasteiger partial charge is 0.322 e. The topological polar surface area (TPSA) is 92.1 Å². The molecule has 0 saturated carbocycles. The van der Waals surface area contributed by atoms with E-state index in [2.05, 4.69) is 20.5 Å². The van der Waals surface area contributed by atoms with Crippen molar-refractivity contribution in [2.75, 3.05) is 5.32 Å². The van der Waals surface area contributed by atoms with Crippen LogP contribution in [0, 0.1) is 0 Å². The van der Waals surface area contributed by atoms with Crippen LogP contribution < -0.4 is 10.9 Å². The fourth-order valence-electron chi connectivity index (χ4n) is 3.45. The minimum Gasteiger partial charge on any atom is -0.322 e. The zero-order valence-electron chi connectivity index (χ0n) is 17.4. The number of nitrogens with zero attached hydrogens (tertiary/aromatic N) is 3. The van der Waals surface area contributed by atoms with E-state index in [0.29, 0.717) is 22.7 Å². The number of carbonyl (C=O) groups excluding carboxylic acids is 1. The Kier molecular flexibility index (Phi) is 5.73. The number of pyridine rings is 1. The Hall–Kier alpha value is -4.17. The first-order chi connectivity index (χ1) is 16.2. The number of amides is 1. The molecule has 1 amide bonds. The summed E-state index contributed by atoms with van der Waals surface area (Å²) in [6, 6.07) is 23.8. The first-order valence-corrected chi connectivity index (χ1v) is 11.3. The summed E-state index contributed by atoms with van der Waals surface area (Å²) in [5.74, 6) is 0.457. The van der Waals surface area contributed by atoms with Gasteiger partial charge in [-0.25, -0.2) is 10.1 Å². The number of hydrogen-bond acceptors (Lipinski definition) is 5. The van der Waals surface area contributed by atoms with Crippen LogP contribution in [0.25, 0.3) is 16.9 Å². The maximum absolute atomic E-state index is 13.1. The minimum atomic E-state index is -0.263. The summed E-state index contributed by atoms with van der Waals surface area (Å²) < 4.78 is 1.98. The number of aromatic amines is 1. The van der Waals surface area contributed by atoms with E-state index in [9.17, 15) is 9.59 Å². The van der Waals surface area contributed by atoms with Crippen LogP contribution in [0.5, 0.6) is 0 Å². The van der Waals surface area contributed by atoms with Gasteiger partial charge in [-0.2, -0.15) is 5.10 Å². The second kappa shape index (κ2) is 9.13. The lowest BCUT2D eigenvalue weighted by Gasteiger charge is -2.10. The Morgan fingerprint density at radius 2 is 1.88 bits per heavy atom. The summed E-state index contributed by atoms with van der Waals surface area (Å²) in [7, 11) is 0.